The maximum Gasteiger partial charge on any atom is -1.00 e. The predicted molar refractivity (Wildman–Crippen MR) is 81.0 cm³/mol. The van der Waals surface area contributed by atoms with Gasteiger partial charge in [-0.15, -0.1) is 0 Å². The van der Waals surface area contributed by atoms with Gasteiger partial charge in [-0.25, -0.2) is 0 Å². The van der Waals surface area contributed by atoms with Crippen LogP contribution < -0.4 is 24.8 Å². The Morgan fingerprint density at radius 3 is 1.35 bits per heavy atom. The first-order valence-electron chi connectivity index (χ1n) is 7.01. The van der Waals surface area contributed by atoms with E-state index >= 15 is 0 Å². The molecular weight excluding hydrogens is 470 g/mol. The van der Waals surface area contributed by atoms with Crippen molar-refractivity contribution in [2.45, 2.75) is 53.6 Å². The SMILES string of the molecule is CC1=CC(C)=[C]([Hf+2]([C]2=C(C)C=C(C)C2)[SiH](C)C)C1.[Cl-].[Cl-]. The van der Waals surface area contributed by atoms with Crippen molar-refractivity contribution in [2.24, 2.45) is 0 Å². The van der Waals surface area contributed by atoms with Gasteiger partial charge in [-0.1, -0.05) is 0 Å². The molecule has 0 aliphatic heterocycles. The van der Waals surface area contributed by atoms with Crippen LogP contribution in [0.25, 0.3) is 0 Å². The standard InChI is InChI=1S/2C7H9.C2H7Si.2ClH.Hf/c2*1-6-3-4-7(2)5-6;1-3-2;;;/h2*5H,3H2,1-2H3;3H,1-2H3;2*1H;/q;;;;;+2/p-2. The minimum Gasteiger partial charge on any atom is -1.00 e. The first-order chi connectivity index (χ1) is 8.40. The Morgan fingerprint density at radius 1 is 0.800 bits per heavy atom. The monoisotopic (exact) mass is 495 g/mol. The zero-order chi connectivity index (χ0) is 13.4. The quantitative estimate of drug-likeness (QED) is 0.435. The van der Waals surface area contributed by atoms with Crippen molar-refractivity contribution in [1.29, 1.82) is 0 Å². The number of hydrogen-bond acceptors (Lipinski definition) is 0. The van der Waals surface area contributed by atoms with E-state index in [2.05, 4.69) is 52.9 Å². The van der Waals surface area contributed by atoms with Crippen LogP contribution in [0.15, 0.2) is 41.1 Å². The maximum absolute atomic E-state index is 2.60. The Morgan fingerprint density at radius 2 is 1.15 bits per heavy atom. The van der Waals surface area contributed by atoms with Gasteiger partial charge in [-0.05, 0) is 0 Å². The molecule has 0 nitrogen and oxygen atoms in total. The van der Waals surface area contributed by atoms with Crippen molar-refractivity contribution in [1.82, 2.24) is 0 Å². The van der Waals surface area contributed by atoms with E-state index in [1.54, 1.807) is 22.3 Å². The molecule has 0 atom stereocenters. The number of allylic oxidation sites excluding steroid dienone is 8. The van der Waals surface area contributed by atoms with Gasteiger partial charge in [0.05, 0.1) is 0 Å². The summed E-state index contributed by atoms with van der Waals surface area (Å²) in [7, 11) is 0. The van der Waals surface area contributed by atoms with Crippen LogP contribution in [-0.2, 0) is 20.6 Å². The minimum absolute atomic E-state index is 0. The molecule has 2 rings (SSSR count). The summed E-state index contributed by atoms with van der Waals surface area (Å²) in [6.07, 6.45) is 7.52. The topological polar surface area (TPSA) is 0 Å². The fourth-order valence-electron chi connectivity index (χ4n) is 3.35. The second kappa shape index (κ2) is 8.31. The molecule has 0 bridgehead atoms. The summed E-state index contributed by atoms with van der Waals surface area (Å²) < 4.78 is 3.88. The third kappa shape index (κ3) is 4.31. The van der Waals surface area contributed by atoms with Crippen molar-refractivity contribution in [3.63, 3.8) is 0 Å². The summed E-state index contributed by atoms with van der Waals surface area (Å²) in [4.78, 5) is 0. The fraction of sp³-hybridized carbons (Fsp3) is 0.500. The molecular formula is C16H25Cl2HfSi. The van der Waals surface area contributed by atoms with Crippen molar-refractivity contribution >= 4 is 5.98 Å². The van der Waals surface area contributed by atoms with Crippen molar-refractivity contribution in [2.75, 3.05) is 0 Å². The zero-order valence-electron chi connectivity index (χ0n) is 13.4. The molecule has 0 aromatic heterocycles. The molecule has 0 fully saturated rings. The molecule has 0 amide bonds. The van der Waals surface area contributed by atoms with Crippen LogP contribution >= 0.6 is 0 Å². The maximum atomic E-state index is 2.60. The van der Waals surface area contributed by atoms with Gasteiger partial charge >= 0.3 is 121 Å². The van der Waals surface area contributed by atoms with Gasteiger partial charge < -0.3 is 24.8 Å². The van der Waals surface area contributed by atoms with Crippen LogP contribution in [0, 0.1) is 0 Å². The van der Waals surface area contributed by atoms with Crippen LogP contribution in [0.3, 0.4) is 0 Å². The van der Waals surface area contributed by atoms with Gasteiger partial charge in [0.25, 0.3) is 0 Å². The summed E-state index contributed by atoms with van der Waals surface area (Å²) in [5, 5.41) is 0. The van der Waals surface area contributed by atoms with Crippen molar-refractivity contribution in [3.8, 4) is 0 Å². The molecule has 0 saturated carbocycles. The molecule has 0 heterocycles. The van der Waals surface area contributed by atoms with E-state index in [4.69, 9.17) is 0 Å². The Kier molecular flexibility index (Phi) is 8.57. The third-order valence-electron chi connectivity index (χ3n) is 4.02. The first-order valence-corrected chi connectivity index (χ1v) is 19.7. The van der Waals surface area contributed by atoms with Crippen molar-refractivity contribution < 1.29 is 45.4 Å². The van der Waals surface area contributed by atoms with E-state index < -0.39 is 26.6 Å². The van der Waals surface area contributed by atoms with Crippen molar-refractivity contribution in [3.05, 3.63) is 41.1 Å². The number of rotatable bonds is 3. The largest absolute Gasteiger partial charge is 1.00 e. The number of hydrogen-bond donors (Lipinski definition) is 0. The summed E-state index contributed by atoms with van der Waals surface area (Å²) in [6.45, 7) is 14.5. The van der Waals surface area contributed by atoms with Crippen LogP contribution in [-0.4, -0.2) is 5.98 Å². The summed E-state index contributed by atoms with van der Waals surface area (Å²) in [5.41, 5.74) is 6.47. The normalized spacial score (nSPS) is 17.9. The second-order valence-corrected chi connectivity index (χ2v) is 33.0. The van der Waals surface area contributed by atoms with Crippen LogP contribution in [0.5, 0.6) is 0 Å². The third-order valence-corrected chi connectivity index (χ3v) is 32.1. The van der Waals surface area contributed by atoms with E-state index in [9.17, 15) is 0 Å². The fourth-order valence-corrected chi connectivity index (χ4v) is 33.4. The average Bonchev–Trinajstić information content (AvgIpc) is 2.71. The molecule has 0 radical (unpaired) electrons. The van der Waals surface area contributed by atoms with Crippen LogP contribution in [0.1, 0.15) is 40.5 Å². The molecule has 2 aliphatic rings. The van der Waals surface area contributed by atoms with Gasteiger partial charge in [-0.2, -0.15) is 0 Å². The van der Waals surface area contributed by atoms with Gasteiger partial charge in [-0.3, -0.25) is 0 Å². The van der Waals surface area contributed by atoms with E-state index in [1.165, 1.54) is 12.8 Å². The zero-order valence-corrected chi connectivity index (χ0v) is 19.7. The van der Waals surface area contributed by atoms with Crippen LogP contribution in [0.4, 0.5) is 0 Å². The Balaban J connectivity index is 0.00000180. The molecule has 0 saturated heterocycles. The van der Waals surface area contributed by atoms with E-state index in [0.29, 0.717) is 0 Å². The summed E-state index contributed by atoms with van der Waals surface area (Å²) in [5.74, 6) is -0.493. The molecule has 0 aromatic carbocycles. The average molecular weight is 495 g/mol. The predicted octanol–water partition coefficient (Wildman–Crippen LogP) is -1.16. The number of halogens is 2. The second-order valence-electron chi connectivity index (χ2n) is 6.23. The Bertz CT molecular complexity index is 457. The molecule has 2 aliphatic carbocycles. The summed E-state index contributed by atoms with van der Waals surface area (Å²) >= 11 is -1.66. The molecule has 20 heavy (non-hydrogen) atoms. The molecule has 4 heteroatoms. The summed E-state index contributed by atoms with van der Waals surface area (Å²) in [6, 6.07) is 0. The smallest absolute Gasteiger partial charge is 1.00 e. The van der Waals surface area contributed by atoms with Gasteiger partial charge in [0.1, 0.15) is 0 Å². The molecule has 0 N–H and O–H groups in total. The molecule has 111 valence electrons. The van der Waals surface area contributed by atoms with Gasteiger partial charge in [0.2, 0.25) is 0 Å². The Hall–Kier alpha value is 0.627. The first kappa shape index (κ1) is 20.6. The van der Waals surface area contributed by atoms with E-state index in [1.807, 2.05) is 6.66 Å². The van der Waals surface area contributed by atoms with E-state index in [0.717, 1.165) is 0 Å². The van der Waals surface area contributed by atoms with Gasteiger partial charge in [0, 0.05) is 0 Å². The molecule has 0 spiro atoms. The minimum atomic E-state index is -1.66. The van der Waals surface area contributed by atoms with Crippen LogP contribution in [0.2, 0.25) is 13.1 Å². The van der Waals surface area contributed by atoms with E-state index in [-0.39, 0.29) is 24.8 Å². The Labute approximate surface area is 145 Å². The molecule has 0 aromatic rings. The molecule has 0 unspecified atom stereocenters. The van der Waals surface area contributed by atoms with Gasteiger partial charge in [0.15, 0.2) is 0 Å².